The van der Waals surface area contributed by atoms with E-state index in [1.54, 1.807) is 0 Å². The molecule has 23 heavy (non-hydrogen) atoms. The maximum atomic E-state index is 10.9. The third-order valence-electron chi connectivity index (χ3n) is 3.67. The first-order valence-corrected chi connectivity index (χ1v) is 7.66. The predicted octanol–water partition coefficient (Wildman–Crippen LogP) is 3.62. The van der Waals surface area contributed by atoms with Crippen LogP contribution in [0, 0.1) is 20.2 Å². The summed E-state index contributed by atoms with van der Waals surface area (Å²) in [6.07, 6.45) is 5.42. The van der Waals surface area contributed by atoms with Gasteiger partial charge in [0.2, 0.25) is 5.90 Å². The van der Waals surface area contributed by atoms with Crippen LogP contribution in [0.1, 0.15) is 44.6 Å². The fourth-order valence-electron chi connectivity index (χ4n) is 2.46. The maximum absolute atomic E-state index is 10.9. The molecular formula is C15H19N3O5. The van der Waals surface area contributed by atoms with E-state index < -0.39 is 9.85 Å². The van der Waals surface area contributed by atoms with Crippen molar-refractivity contribution in [1.82, 2.24) is 0 Å². The molecule has 8 heteroatoms. The van der Waals surface area contributed by atoms with Gasteiger partial charge in [-0.2, -0.15) is 0 Å². The van der Waals surface area contributed by atoms with E-state index in [1.807, 2.05) is 0 Å². The molecule has 0 amide bonds. The highest BCUT2D eigenvalue weighted by molar-refractivity contribution is 5.96. The zero-order chi connectivity index (χ0) is 16.8. The van der Waals surface area contributed by atoms with E-state index in [4.69, 9.17) is 4.74 Å². The summed E-state index contributed by atoms with van der Waals surface area (Å²) in [7, 11) is 0. The number of hydrogen-bond donors (Lipinski definition) is 0. The molecule has 1 aromatic carbocycles. The van der Waals surface area contributed by atoms with Gasteiger partial charge in [-0.3, -0.25) is 20.2 Å². The molecule has 1 aliphatic rings. The van der Waals surface area contributed by atoms with E-state index in [0.717, 1.165) is 31.7 Å². The Morgan fingerprint density at radius 1 is 1.13 bits per heavy atom. The van der Waals surface area contributed by atoms with Crippen LogP contribution < -0.4 is 0 Å². The molecule has 0 fully saturated rings. The number of nitro benzene ring substituents is 2. The Kier molecular flexibility index (Phi) is 5.61. The van der Waals surface area contributed by atoms with Gasteiger partial charge >= 0.3 is 0 Å². The van der Waals surface area contributed by atoms with E-state index in [9.17, 15) is 20.2 Å². The molecular weight excluding hydrogens is 302 g/mol. The summed E-state index contributed by atoms with van der Waals surface area (Å²) in [4.78, 5) is 24.9. The van der Waals surface area contributed by atoms with Crippen LogP contribution in [0.25, 0.3) is 0 Å². The molecule has 0 radical (unpaired) electrons. The fourth-order valence-corrected chi connectivity index (χ4v) is 2.46. The second-order valence-corrected chi connectivity index (χ2v) is 5.50. The van der Waals surface area contributed by atoms with Crippen molar-refractivity contribution in [1.29, 1.82) is 0 Å². The molecule has 8 nitrogen and oxygen atoms in total. The molecule has 1 atom stereocenters. The number of unbranched alkanes of at least 4 members (excludes halogenated alkanes) is 3. The van der Waals surface area contributed by atoms with Crippen molar-refractivity contribution in [3.05, 3.63) is 44.0 Å². The highest BCUT2D eigenvalue weighted by atomic mass is 16.6. The summed E-state index contributed by atoms with van der Waals surface area (Å²) >= 11 is 0. The van der Waals surface area contributed by atoms with Gasteiger partial charge < -0.3 is 4.74 Å². The lowest BCUT2D eigenvalue weighted by Crippen LogP contribution is -2.06. The molecule has 0 N–H and O–H groups in total. The summed E-state index contributed by atoms with van der Waals surface area (Å²) in [5.41, 5.74) is -0.402. The highest BCUT2D eigenvalue weighted by Crippen LogP contribution is 2.25. The Morgan fingerprint density at radius 3 is 2.35 bits per heavy atom. The van der Waals surface area contributed by atoms with Gasteiger partial charge in [0.1, 0.15) is 6.61 Å². The lowest BCUT2D eigenvalue weighted by molar-refractivity contribution is -0.394. The van der Waals surface area contributed by atoms with Gasteiger partial charge in [-0.25, -0.2) is 4.99 Å². The lowest BCUT2D eigenvalue weighted by atomic mass is 10.1. The van der Waals surface area contributed by atoms with E-state index in [2.05, 4.69) is 11.9 Å². The Bertz CT molecular complexity index is 597. The second-order valence-electron chi connectivity index (χ2n) is 5.50. The quantitative estimate of drug-likeness (QED) is 0.413. The zero-order valence-corrected chi connectivity index (χ0v) is 12.9. The van der Waals surface area contributed by atoms with Gasteiger partial charge in [-0.1, -0.05) is 32.6 Å². The van der Waals surface area contributed by atoms with Crippen LogP contribution in [-0.2, 0) is 4.74 Å². The molecule has 1 aromatic rings. The van der Waals surface area contributed by atoms with Crippen LogP contribution in [0.15, 0.2) is 23.2 Å². The molecule has 0 bridgehead atoms. The molecule has 0 aliphatic carbocycles. The van der Waals surface area contributed by atoms with Crippen LogP contribution in [0.2, 0.25) is 0 Å². The fraction of sp³-hybridized carbons (Fsp3) is 0.533. The minimum absolute atomic E-state index is 0.0141. The smallest absolute Gasteiger partial charge is 0.277 e. The van der Waals surface area contributed by atoms with Crippen molar-refractivity contribution in [2.75, 3.05) is 6.61 Å². The lowest BCUT2D eigenvalue weighted by Gasteiger charge is -2.03. The molecule has 124 valence electrons. The monoisotopic (exact) mass is 321 g/mol. The number of non-ortho nitro benzene ring substituents is 2. The third-order valence-corrected chi connectivity index (χ3v) is 3.67. The largest absolute Gasteiger partial charge is 0.475 e. The molecule has 0 aromatic heterocycles. The summed E-state index contributed by atoms with van der Waals surface area (Å²) in [6, 6.07) is 3.46. The number of ether oxygens (including phenoxy) is 1. The first-order valence-electron chi connectivity index (χ1n) is 7.66. The maximum Gasteiger partial charge on any atom is 0.277 e. The summed E-state index contributed by atoms with van der Waals surface area (Å²) < 4.78 is 5.48. The van der Waals surface area contributed by atoms with Crippen LogP contribution >= 0.6 is 0 Å². The van der Waals surface area contributed by atoms with Crippen LogP contribution in [-0.4, -0.2) is 28.4 Å². The van der Waals surface area contributed by atoms with Crippen molar-refractivity contribution < 1.29 is 14.6 Å². The number of hydrogen-bond acceptors (Lipinski definition) is 6. The summed E-state index contributed by atoms with van der Waals surface area (Å²) in [5.74, 6) is 0.247. The van der Waals surface area contributed by atoms with Gasteiger partial charge in [0.05, 0.1) is 22.0 Å². The average molecular weight is 321 g/mol. The van der Waals surface area contributed by atoms with Crippen molar-refractivity contribution in [3.63, 3.8) is 0 Å². The minimum atomic E-state index is -0.658. The number of nitro groups is 2. The first kappa shape index (κ1) is 16.9. The molecule has 0 saturated carbocycles. The van der Waals surface area contributed by atoms with Crippen molar-refractivity contribution in [2.45, 2.75) is 45.1 Å². The number of aliphatic imine (C=N–C) groups is 1. The first-order chi connectivity index (χ1) is 11.0. The predicted molar refractivity (Wildman–Crippen MR) is 84.8 cm³/mol. The molecule has 1 unspecified atom stereocenters. The normalized spacial score (nSPS) is 16.7. The molecule has 1 aliphatic heterocycles. The van der Waals surface area contributed by atoms with Crippen molar-refractivity contribution >= 4 is 17.3 Å². The number of benzene rings is 1. The van der Waals surface area contributed by atoms with Gasteiger partial charge in [0, 0.05) is 17.7 Å². The van der Waals surface area contributed by atoms with Gasteiger partial charge in [0.15, 0.2) is 0 Å². The van der Waals surface area contributed by atoms with Crippen LogP contribution in [0.3, 0.4) is 0 Å². The van der Waals surface area contributed by atoms with Crippen LogP contribution in [0.5, 0.6) is 0 Å². The van der Waals surface area contributed by atoms with E-state index in [-0.39, 0.29) is 28.9 Å². The zero-order valence-electron chi connectivity index (χ0n) is 12.9. The topological polar surface area (TPSA) is 108 Å². The number of nitrogens with zero attached hydrogens (tertiary/aromatic N) is 3. The molecule has 0 saturated heterocycles. The Balaban J connectivity index is 2.14. The summed E-state index contributed by atoms with van der Waals surface area (Å²) in [5, 5.41) is 21.8. The van der Waals surface area contributed by atoms with E-state index in [1.165, 1.54) is 18.6 Å². The van der Waals surface area contributed by atoms with E-state index >= 15 is 0 Å². The van der Waals surface area contributed by atoms with Gasteiger partial charge in [-0.05, 0) is 6.42 Å². The van der Waals surface area contributed by atoms with Gasteiger partial charge in [-0.15, -0.1) is 0 Å². The number of rotatable bonds is 8. The Morgan fingerprint density at radius 2 is 1.78 bits per heavy atom. The van der Waals surface area contributed by atoms with Crippen molar-refractivity contribution in [2.24, 2.45) is 4.99 Å². The highest BCUT2D eigenvalue weighted by Gasteiger charge is 2.24. The molecule has 2 rings (SSSR count). The summed E-state index contributed by atoms with van der Waals surface area (Å²) in [6.45, 7) is 2.56. The van der Waals surface area contributed by atoms with E-state index in [0.29, 0.717) is 6.61 Å². The van der Waals surface area contributed by atoms with Gasteiger partial charge in [0.25, 0.3) is 11.4 Å². The minimum Gasteiger partial charge on any atom is -0.475 e. The van der Waals surface area contributed by atoms with Crippen molar-refractivity contribution in [3.8, 4) is 0 Å². The second kappa shape index (κ2) is 7.66. The molecule has 0 spiro atoms. The average Bonchev–Trinajstić information content (AvgIpc) is 3.00. The molecule has 1 heterocycles. The van der Waals surface area contributed by atoms with Crippen LogP contribution in [0.4, 0.5) is 11.4 Å². The Hall–Kier alpha value is -2.51. The standard InChI is InChI=1S/C15H19N3O5/c1-2-3-4-5-6-12-10-23-15(16-12)11-7-13(17(19)20)9-14(8-11)18(21)22/h7-9,12H,2-6,10H2,1H3. The third kappa shape index (κ3) is 4.48. The SMILES string of the molecule is CCCCCCC1COC(c2cc([N+](=O)[O-])cc([N+](=O)[O-])c2)=N1. The Labute approximate surface area is 133 Å².